The Morgan fingerprint density at radius 1 is 1.03 bits per heavy atom. The van der Waals surface area contributed by atoms with Crippen molar-refractivity contribution in [3.05, 3.63) is 0 Å². The Kier molecular flexibility index (Phi) is 11.2. The molecule has 1 unspecified atom stereocenters. The van der Waals surface area contributed by atoms with Crippen LogP contribution in [0.1, 0.15) is 25.7 Å². The fourth-order valence-electron chi connectivity index (χ4n) is 2.54. The minimum absolute atomic E-state index is 0.0329. The van der Waals surface area contributed by atoms with Crippen LogP contribution < -0.4 is 21.2 Å². The van der Waals surface area contributed by atoms with Gasteiger partial charge in [-0.2, -0.15) is 0 Å². The number of ether oxygens (including phenoxy) is 1. The summed E-state index contributed by atoms with van der Waals surface area (Å²) in [5.41, 5.74) is 0. The maximum absolute atomic E-state index is 12.0. The Morgan fingerprint density at radius 3 is 2.24 bits per heavy atom. The number of rotatable bonds is 14. The molecule has 1 heterocycles. The monoisotopic (exact) mass is 410 g/mol. The van der Waals surface area contributed by atoms with Gasteiger partial charge >= 0.3 is 110 Å². The van der Waals surface area contributed by atoms with Crippen molar-refractivity contribution >= 4 is 36.7 Å². The molecule has 1 rings (SSSR count). The van der Waals surface area contributed by atoms with Gasteiger partial charge in [-0.3, -0.25) is 9.59 Å². The molecule has 0 saturated carbocycles. The molecule has 1 saturated heterocycles. The summed E-state index contributed by atoms with van der Waals surface area (Å²) < 4.78 is 4.77. The zero-order chi connectivity index (χ0) is 21.6. The van der Waals surface area contributed by atoms with Crippen molar-refractivity contribution in [2.75, 3.05) is 39.9 Å². The van der Waals surface area contributed by atoms with Crippen LogP contribution in [-0.4, -0.2) is 87.6 Å². The fraction of sp³-hybridized carbons (Fsp3) is 0.688. The van der Waals surface area contributed by atoms with Gasteiger partial charge in [-0.15, -0.1) is 0 Å². The van der Waals surface area contributed by atoms with E-state index in [0.717, 1.165) is 12.1 Å². The van der Waals surface area contributed by atoms with Gasteiger partial charge in [-0.05, 0) is 0 Å². The molecule has 1 atom stereocenters. The molecule has 5 N–H and O–H groups in total. The summed E-state index contributed by atoms with van der Waals surface area (Å²) in [6, 6.07) is -0.747. The molecule has 1 aliphatic heterocycles. The van der Waals surface area contributed by atoms with Gasteiger partial charge in [-0.1, -0.05) is 0 Å². The molecule has 0 radical (unpaired) electrons. The maximum atomic E-state index is 12.0. The summed E-state index contributed by atoms with van der Waals surface area (Å²) >= 11 is 0. The Bertz CT molecular complexity index is 631. The summed E-state index contributed by atoms with van der Waals surface area (Å²) in [5, 5.41) is 17.2. The number of hydrogen-bond acceptors (Lipinski definition) is 7. The molecule has 0 aromatic rings. The average Bonchev–Trinajstić information content (AvgIpc) is 2.95. The van der Waals surface area contributed by atoms with Crippen LogP contribution in [0, 0.1) is 5.31 Å². The number of nitrogens with zero attached hydrogens (tertiary/aromatic N) is 1. The van der Waals surface area contributed by atoms with Crippen molar-refractivity contribution < 1.29 is 28.7 Å². The second-order valence-electron chi connectivity index (χ2n) is 6.24. The van der Waals surface area contributed by atoms with Crippen molar-refractivity contribution in [1.82, 2.24) is 26.1 Å². The SMILES string of the molecule is COCCC(=O)NCCC(=O)NCCNC(=O)CCN1C(=O)CC(NB=N)C1=O. The van der Waals surface area contributed by atoms with Crippen LogP contribution in [0.4, 0.5) is 0 Å². The standard InChI is InChI=1S/C16H27BN6O6/c1-29-9-4-14(26)19-5-2-12(24)20-6-7-21-13(25)3-8-23-15(27)10-11(16(23)28)22-17-18/h11,18,22H,2-10H2,1H3,(H,19,26)(H,20,24)(H,21,25). The summed E-state index contributed by atoms with van der Waals surface area (Å²) in [4.78, 5) is 59.5. The van der Waals surface area contributed by atoms with Crippen LogP contribution in [-0.2, 0) is 28.7 Å². The molecule has 160 valence electrons. The third-order valence-electron chi connectivity index (χ3n) is 4.07. The molecule has 0 aromatic heterocycles. The van der Waals surface area contributed by atoms with Crippen LogP contribution in [0.25, 0.3) is 0 Å². The Balaban J connectivity index is 2.11. The predicted molar refractivity (Wildman–Crippen MR) is 101 cm³/mol. The van der Waals surface area contributed by atoms with Crippen LogP contribution in [0.5, 0.6) is 0 Å². The third kappa shape index (κ3) is 9.28. The van der Waals surface area contributed by atoms with Crippen LogP contribution >= 0.6 is 0 Å². The molecule has 0 spiro atoms. The number of amides is 5. The van der Waals surface area contributed by atoms with Crippen LogP contribution in [0.3, 0.4) is 0 Å². The second-order valence-corrected chi connectivity index (χ2v) is 6.24. The van der Waals surface area contributed by atoms with E-state index in [0.29, 0.717) is 6.61 Å². The number of likely N-dealkylation sites (tertiary alicyclic amines) is 1. The van der Waals surface area contributed by atoms with E-state index in [9.17, 15) is 24.0 Å². The summed E-state index contributed by atoms with van der Waals surface area (Å²) in [6.07, 6.45) is 0.278. The van der Waals surface area contributed by atoms with E-state index >= 15 is 0 Å². The average molecular weight is 410 g/mol. The number of carbonyl (C=O) groups is 5. The van der Waals surface area contributed by atoms with Gasteiger partial charge in [0.1, 0.15) is 0 Å². The van der Waals surface area contributed by atoms with Crippen molar-refractivity contribution in [1.29, 1.82) is 5.31 Å². The second kappa shape index (κ2) is 13.4. The summed E-state index contributed by atoms with van der Waals surface area (Å²) in [7, 11) is 2.35. The van der Waals surface area contributed by atoms with Crippen molar-refractivity contribution in [3.8, 4) is 0 Å². The molecule has 1 fully saturated rings. The summed E-state index contributed by atoms with van der Waals surface area (Å²) in [6.45, 7) is 0.917. The molecular formula is C16H27BN6O6. The zero-order valence-corrected chi connectivity index (χ0v) is 16.4. The number of carbonyl (C=O) groups excluding carboxylic acids is 5. The van der Waals surface area contributed by atoms with Crippen molar-refractivity contribution in [2.45, 2.75) is 31.7 Å². The first-order valence-corrected chi connectivity index (χ1v) is 9.27. The molecule has 29 heavy (non-hydrogen) atoms. The van der Waals surface area contributed by atoms with Gasteiger partial charge in [0.2, 0.25) is 5.91 Å². The quantitative estimate of drug-likeness (QED) is 0.117. The summed E-state index contributed by atoms with van der Waals surface area (Å²) in [5.74, 6) is -1.64. The van der Waals surface area contributed by atoms with Crippen molar-refractivity contribution in [2.24, 2.45) is 0 Å². The first-order valence-electron chi connectivity index (χ1n) is 9.27. The molecule has 1 aliphatic rings. The molecule has 13 heteroatoms. The molecule has 12 nitrogen and oxygen atoms in total. The van der Waals surface area contributed by atoms with Gasteiger partial charge in [0.25, 0.3) is 0 Å². The number of imide groups is 1. The van der Waals surface area contributed by atoms with Gasteiger partial charge in [0.05, 0.1) is 6.61 Å². The first-order chi connectivity index (χ1) is 13.9. The normalized spacial score (nSPS) is 15.6. The minimum atomic E-state index is -0.747. The van der Waals surface area contributed by atoms with Gasteiger partial charge in [0, 0.05) is 26.5 Å². The zero-order valence-electron chi connectivity index (χ0n) is 16.4. The number of hydrogen-bond donors (Lipinski definition) is 5. The number of nitrogens with one attached hydrogen (secondary N) is 5. The molecular weight excluding hydrogens is 383 g/mol. The Labute approximate surface area is 169 Å². The van der Waals surface area contributed by atoms with E-state index in [4.69, 9.17) is 10.0 Å². The topological polar surface area (TPSA) is 170 Å². The molecule has 0 aliphatic carbocycles. The molecule has 0 bridgehead atoms. The van der Waals surface area contributed by atoms with E-state index in [-0.39, 0.29) is 75.5 Å². The van der Waals surface area contributed by atoms with Crippen LogP contribution in [0.2, 0.25) is 0 Å². The predicted octanol–water partition coefficient (Wildman–Crippen LogP) is -2.75. The van der Waals surface area contributed by atoms with Gasteiger partial charge in [0.15, 0.2) is 0 Å². The van der Waals surface area contributed by atoms with E-state index in [2.05, 4.69) is 21.2 Å². The Morgan fingerprint density at radius 2 is 1.62 bits per heavy atom. The molecule has 5 amide bonds. The number of methoxy groups -OCH3 is 1. The first kappa shape index (κ1) is 24.2. The Hall–Kier alpha value is -2.83. The van der Waals surface area contributed by atoms with E-state index < -0.39 is 11.9 Å². The van der Waals surface area contributed by atoms with E-state index in [1.54, 1.807) is 0 Å². The third-order valence-corrected chi connectivity index (χ3v) is 4.07. The van der Waals surface area contributed by atoms with Crippen molar-refractivity contribution in [3.63, 3.8) is 0 Å². The van der Waals surface area contributed by atoms with Crippen LogP contribution in [0.15, 0.2) is 0 Å². The van der Waals surface area contributed by atoms with E-state index in [1.165, 1.54) is 7.11 Å². The van der Waals surface area contributed by atoms with E-state index in [1.807, 2.05) is 0 Å². The van der Waals surface area contributed by atoms with Gasteiger partial charge < -0.3 is 10.1 Å². The molecule has 0 aromatic carbocycles. The van der Waals surface area contributed by atoms with Gasteiger partial charge in [-0.25, -0.2) is 0 Å². The fourth-order valence-corrected chi connectivity index (χ4v) is 2.54.